The van der Waals surface area contributed by atoms with Crippen molar-refractivity contribution >= 4 is 34.7 Å². The van der Waals surface area contributed by atoms with Crippen molar-refractivity contribution in [1.29, 1.82) is 0 Å². The summed E-state index contributed by atoms with van der Waals surface area (Å²) in [7, 11) is 1.36. The van der Waals surface area contributed by atoms with E-state index >= 15 is 0 Å². The summed E-state index contributed by atoms with van der Waals surface area (Å²) in [6.45, 7) is 1.74. The Balaban J connectivity index is 2.01. The quantitative estimate of drug-likeness (QED) is 0.308. The molecule has 8 heteroatoms. The van der Waals surface area contributed by atoms with Crippen LogP contribution in [-0.4, -0.2) is 23.9 Å². The second kappa shape index (κ2) is 8.67. The summed E-state index contributed by atoms with van der Waals surface area (Å²) >= 11 is 6.26. The van der Waals surface area contributed by atoms with Crippen molar-refractivity contribution in [3.05, 3.63) is 99.6 Å². The SMILES string of the molecule is COc1c(Cl)cc(C)cc1/C(O)=C1\C(=O)C(=O)N(c2cccc(F)c2)C1c1ccc(F)cc1. The molecular formula is C25H18ClF2NO4. The van der Waals surface area contributed by atoms with Gasteiger partial charge in [0.15, 0.2) is 0 Å². The molecule has 168 valence electrons. The number of Topliss-reactive ketones (excluding diaryl/α,β-unsaturated/α-hetero) is 1. The zero-order chi connectivity index (χ0) is 23.9. The summed E-state index contributed by atoms with van der Waals surface area (Å²) < 4.78 is 32.9. The minimum atomic E-state index is -1.14. The minimum Gasteiger partial charge on any atom is -0.507 e. The van der Waals surface area contributed by atoms with Crippen LogP contribution in [0.2, 0.25) is 5.02 Å². The first kappa shape index (κ1) is 22.5. The number of hydrogen-bond donors (Lipinski definition) is 1. The summed E-state index contributed by atoms with van der Waals surface area (Å²) in [6.07, 6.45) is 0. The first-order valence-corrected chi connectivity index (χ1v) is 10.3. The third kappa shape index (κ3) is 3.96. The molecule has 3 aromatic carbocycles. The highest BCUT2D eigenvalue weighted by Gasteiger charge is 2.47. The standard InChI is InChI=1S/C25H18ClF2NO4/c1-13-10-18(24(33-2)19(26)11-13)22(30)20-21(14-6-8-15(27)9-7-14)29(25(32)23(20)31)17-5-3-4-16(28)12-17/h3-12,21,30H,1-2H3/b22-20+. The van der Waals surface area contributed by atoms with Crippen LogP contribution in [0.1, 0.15) is 22.7 Å². The number of carbonyl (C=O) groups is 2. The third-order valence-corrected chi connectivity index (χ3v) is 5.64. The van der Waals surface area contributed by atoms with Crippen LogP contribution in [0.15, 0.2) is 66.2 Å². The lowest BCUT2D eigenvalue weighted by Gasteiger charge is -2.25. The first-order chi connectivity index (χ1) is 15.7. The van der Waals surface area contributed by atoms with Gasteiger partial charge in [0.25, 0.3) is 11.7 Å². The van der Waals surface area contributed by atoms with Crippen LogP contribution in [0.4, 0.5) is 14.5 Å². The predicted octanol–water partition coefficient (Wildman–Crippen LogP) is 5.56. The smallest absolute Gasteiger partial charge is 0.300 e. The van der Waals surface area contributed by atoms with Crippen molar-refractivity contribution in [1.82, 2.24) is 0 Å². The molecule has 0 spiro atoms. The molecule has 0 aromatic heterocycles. The number of benzene rings is 3. The van der Waals surface area contributed by atoms with E-state index in [9.17, 15) is 23.5 Å². The highest BCUT2D eigenvalue weighted by Crippen LogP contribution is 2.44. The van der Waals surface area contributed by atoms with Gasteiger partial charge in [0.05, 0.1) is 29.3 Å². The predicted molar refractivity (Wildman–Crippen MR) is 120 cm³/mol. The maximum absolute atomic E-state index is 14.0. The van der Waals surface area contributed by atoms with Crippen LogP contribution in [0.5, 0.6) is 5.75 Å². The third-order valence-electron chi connectivity index (χ3n) is 5.36. The molecule has 0 radical (unpaired) electrons. The molecule has 1 amide bonds. The van der Waals surface area contributed by atoms with Crippen LogP contribution in [-0.2, 0) is 9.59 Å². The van der Waals surface area contributed by atoms with E-state index in [0.717, 1.165) is 11.0 Å². The number of nitrogens with zero attached hydrogens (tertiary/aromatic N) is 1. The summed E-state index contributed by atoms with van der Waals surface area (Å²) in [5.74, 6) is -3.47. The number of rotatable bonds is 4. The maximum atomic E-state index is 14.0. The van der Waals surface area contributed by atoms with Gasteiger partial charge in [0, 0.05) is 5.69 Å². The van der Waals surface area contributed by atoms with Gasteiger partial charge in [0.2, 0.25) is 0 Å². The van der Waals surface area contributed by atoms with Gasteiger partial charge >= 0.3 is 0 Å². The summed E-state index contributed by atoms with van der Waals surface area (Å²) in [5.41, 5.74) is 1.00. The number of methoxy groups -OCH3 is 1. The van der Waals surface area contributed by atoms with E-state index in [4.69, 9.17) is 16.3 Å². The summed E-state index contributed by atoms with van der Waals surface area (Å²) in [6, 6.07) is 12.4. The zero-order valence-electron chi connectivity index (χ0n) is 17.6. The molecule has 1 N–H and O–H groups in total. The number of halogens is 3. The van der Waals surface area contributed by atoms with E-state index in [1.807, 2.05) is 0 Å². The number of carbonyl (C=O) groups excluding carboxylic acids is 2. The summed E-state index contributed by atoms with van der Waals surface area (Å²) in [5, 5.41) is 11.5. The topological polar surface area (TPSA) is 66.8 Å². The Morgan fingerprint density at radius 3 is 2.36 bits per heavy atom. The summed E-state index contributed by atoms with van der Waals surface area (Å²) in [4.78, 5) is 27.3. The van der Waals surface area contributed by atoms with Crippen LogP contribution >= 0.6 is 11.6 Å². The second-order valence-corrected chi connectivity index (χ2v) is 7.94. The van der Waals surface area contributed by atoms with Gasteiger partial charge in [-0.05, 0) is 60.5 Å². The van der Waals surface area contributed by atoms with E-state index in [-0.39, 0.29) is 27.6 Å². The number of aliphatic hydroxyl groups excluding tert-OH is 1. The van der Waals surface area contributed by atoms with Gasteiger partial charge in [-0.15, -0.1) is 0 Å². The van der Waals surface area contributed by atoms with Crippen molar-refractivity contribution in [3.8, 4) is 5.75 Å². The van der Waals surface area contributed by atoms with Crippen LogP contribution in [0.25, 0.3) is 5.76 Å². The number of ketones is 1. The maximum Gasteiger partial charge on any atom is 0.300 e. The monoisotopic (exact) mass is 469 g/mol. The number of ether oxygens (including phenoxy) is 1. The Bertz CT molecular complexity index is 1300. The average molecular weight is 470 g/mol. The molecule has 1 aliphatic heterocycles. The van der Waals surface area contributed by atoms with Crippen LogP contribution < -0.4 is 9.64 Å². The van der Waals surface area contributed by atoms with Crippen LogP contribution in [0.3, 0.4) is 0 Å². The van der Waals surface area contributed by atoms with E-state index in [0.29, 0.717) is 11.1 Å². The molecule has 0 saturated carbocycles. The number of aryl methyl sites for hydroxylation is 1. The molecule has 1 unspecified atom stereocenters. The Kier molecular flexibility index (Phi) is 5.91. The molecule has 0 bridgehead atoms. The van der Waals surface area contributed by atoms with Crippen molar-refractivity contribution in [2.75, 3.05) is 12.0 Å². The largest absolute Gasteiger partial charge is 0.507 e. The average Bonchev–Trinajstić information content (AvgIpc) is 3.04. The van der Waals surface area contributed by atoms with Gasteiger partial charge in [-0.1, -0.05) is 29.8 Å². The lowest BCUT2D eigenvalue weighted by atomic mass is 9.94. The van der Waals surface area contributed by atoms with Gasteiger partial charge in [-0.3, -0.25) is 14.5 Å². The van der Waals surface area contributed by atoms with Gasteiger partial charge in [-0.25, -0.2) is 8.78 Å². The number of anilines is 1. The number of amides is 1. The van der Waals surface area contributed by atoms with Crippen molar-refractivity contribution in [3.63, 3.8) is 0 Å². The van der Waals surface area contributed by atoms with E-state index in [1.165, 1.54) is 49.6 Å². The molecule has 1 saturated heterocycles. The molecule has 3 aromatic rings. The van der Waals surface area contributed by atoms with E-state index < -0.39 is 35.1 Å². The van der Waals surface area contributed by atoms with E-state index in [2.05, 4.69) is 0 Å². The highest BCUT2D eigenvalue weighted by atomic mass is 35.5. The molecule has 0 aliphatic carbocycles. The Morgan fingerprint density at radius 1 is 1.03 bits per heavy atom. The van der Waals surface area contributed by atoms with Gasteiger partial charge < -0.3 is 9.84 Å². The minimum absolute atomic E-state index is 0.111. The number of aliphatic hydroxyl groups is 1. The molecule has 1 aliphatic rings. The highest BCUT2D eigenvalue weighted by molar-refractivity contribution is 6.51. The Labute approximate surface area is 193 Å². The fraction of sp³-hybridized carbons (Fsp3) is 0.120. The lowest BCUT2D eigenvalue weighted by Crippen LogP contribution is -2.29. The molecule has 5 nitrogen and oxygen atoms in total. The number of hydrogen-bond acceptors (Lipinski definition) is 4. The van der Waals surface area contributed by atoms with Crippen molar-refractivity contribution in [2.24, 2.45) is 0 Å². The fourth-order valence-corrected chi connectivity index (χ4v) is 4.29. The second-order valence-electron chi connectivity index (χ2n) is 7.53. The van der Waals surface area contributed by atoms with Crippen molar-refractivity contribution < 1.29 is 28.2 Å². The van der Waals surface area contributed by atoms with Gasteiger partial charge in [0.1, 0.15) is 23.1 Å². The zero-order valence-corrected chi connectivity index (χ0v) is 18.4. The molecule has 33 heavy (non-hydrogen) atoms. The fourth-order valence-electron chi connectivity index (χ4n) is 3.94. The Hall–Kier alpha value is -3.71. The molecule has 1 fully saturated rings. The molecule has 1 heterocycles. The molecule has 4 rings (SSSR count). The van der Waals surface area contributed by atoms with Crippen molar-refractivity contribution in [2.45, 2.75) is 13.0 Å². The normalized spacial score (nSPS) is 17.5. The van der Waals surface area contributed by atoms with Gasteiger partial charge in [-0.2, -0.15) is 0 Å². The lowest BCUT2D eigenvalue weighted by molar-refractivity contribution is -0.132. The van der Waals surface area contributed by atoms with Crippen LogP contribution in [0, 0.1) is 18.6 Å². The Morgan fingerprint density at radius 2 is 1.73 bits per heavy atom. The molecular weight excluding hydrogens is 452 g/mol. The molecule has 1 atom stereocenters. The van der Waals surface area contributed by atoms with E-state index in [1.54, 1.807) is 19.1 Å². The first-order valence-electron chi connectivity index (χ1n) is 9.89.